The van der Waals surface area contributed by atoms with Crippen molar-refractivity contribution in [2.45, 2.75) is 36.1 Å². The molecule has 8 nitrogen and oxygen atoms in total. The first-order valence-electron chi connectivity index (χ1n) is 7.94. The number of nitrogen functional groups attached to an aromatic ring is 1. The Morgan fingerprint density at radius 3 is 2.72 bits per heavy atom. The van der Waals surface area contributed by atoms with Crippen LogP contribution >= 0.6 is 18.6 Å². The average molecular weight is 385 g/mol. The van der Waals surface area contributed by atoms with Crippen LogP contribution in [0.4, 0.5) is 5.82 Å². The van der Waals surface area contributed by atoms with Crippen LogP contribution in [0.3, 0.4) is 0 Å². The minimum Gasteiger partial charge on any atom is -0.388 e. The average Bonchev–Trinajstić information content (AvgIpc) is 3.08. The second-order valence-corrected chi connectivity index (χ2v) is 12.0. The van der Waals surface area contributed by atoms with Crippen LogP contribution in [0.25, 0.3) is 11.2 Å². The standard InChI is InChI=1S/C15H24N5O3PS/c1-24(2,3)6-5-8-10(21)11(22)14(23-8)20-7-17-9-12(16)18-15(25-4)19-13(9)20/h7-8,10-11,14,21-22H,1,5-6H2,2-4H3,(H2,16,18,19)/t8-,10-,11-,14?/m1/s1. The van der Waals surface area contributed by atoms with Crippen molar-refractivity contribution in [2.75, 3.05) is 31.5 Å². The molecule has 0 bridgehead atoms. The molecule has 10 heteroatoms. The maximum absolute atomic E-state index is 10.5. The van der Waals surface area contributed by atoms with E-state index in [1.165, 1.54) is 18.1 Å². The lowest BCUT2D eigenvalue weighted by atomic mass is 10.1. The van der Waals surface area contributed by atoms with Crippen LogP contribution in [0.1, 0.15) is 12.6 Å². The van der Waals surface area contributed by atoms with Crippen LogP contribution < -0.4 is 5.73 Å². The van der Waals surface area contributed by atoms with Crippen LogP contribution in [0.15, 0.2) is 11.5 Å². The van der Waals surface area contributed by atoms with E-state index < -0.39 is 31.4 Å². The SMILES string of the molecule is C=P(C)(C)CC[C@H]1OC(n2cnc3c(N)nc(SC)nc32)[C@H](O)[C@@H]1O. The van der Waals surface area contributed by atoms with Crippen molar-refractivity contribution < 1.29 is 14.9 Å². The van der Waals surface area contributed by atoms with Crippen molar-refractivity contribution in [3.63, 3.8) is 0 Å². The van der Waals surface area contributed by atoms with Crippen LogP contribution in [-0.4, -0.2) is 80.1 Å². The van der Waals surface area contributed by atoms with Crippen molar-refractivity contribution in [1.82, 2.24) is 19.5 Å². The molecule has 138 valence electrons. The van der Waals surface area contributed by atoms with E-state index in [4.69, 9.17) is 10.5 Å². The molecular formula is C15H24N5O3PS. The number of aliphatic hydroxyl groups excluding tert-OH is 2. The van der Waals surface area contributed by atoms with Crippen LogP contribution in [0, 0.1) is 0 Å². The van der Waals surface area contributed by atoms with Gasteiger partial charge in [-0.3, -0.25) is 4.57 Å². The smallest absolute Gasteiger partial charge is 0.191 e. The van der Waals surface area contributed by atoms with E-state index >= 15 is 0 Å². The number of anilines is 1. The molecule has 0 aromatic carbocycles. The second kappa shape index (κ2) is 6.89. The van der Waals surface area contributed by atoms with Gasteiger partial charge in [0.25, 0.3) is 0 Å². The number of nitrogens with zero attached hydrogens (tertiary/aromatic N) is 4. The van der Waals surface area contributed by atoms with E-state index in [1.807, 2.05) is 6.26 Å². The maximum Gasteiger partial charge on any atom is 0.191 e. The summed E-state index contributed by atoms with van der Waals surface area (Å²) in [5, 5.41) is 21.4. The summed E-state index contributed by atoms with van der Waals surface area (Å²) in [5.41, 5.74) is 6.87. The second-order valence-electron chi connectivity index (χ2n) is 6.91. The van der Waals surface area contributed by atoms with E-state index in [9.17, 15) is 10.2 Å². The van der Waals surface area contributed by atoms with Crippen molar-refractivity contribution in [2.24, 2.45) is 0 Å². The quantitative estimate of drug-likeness (QED) is 0.394. The molecule has 2 aromatic heterocycles. The van der Waals surface area contributed by atoms with Gasteiger partial charge in [0.2, 0.25) is 0 Å². The zero-order valence-corrected chi connectivity index (χ0v) is 16.2. The highest BCUT2D eigenvalue weighted by atomic mass is 32.2. The molecule has 0 saturated carbocycles. The predicted octanol–water partition coefficient (Wildman–Crippen LogP) is 0.849. The van der Waals surface area contributed by atoms with Gasteiger partial charge < -0.3 is 20.7 Å². The van der Waals surface area contributed by atoms with E-state index in [2.05, 4.69) is 34.6 Å². The summed E-state index contributed by atoms with van der Waals surface area (Å²) in [6, 6.07) is 0. The lowest BCUT2D eigenvalue weighted by Crippen LogP contribution is -2.31. The fourth-order valence-electron chi connectivity index (χ4n) is 2.87. The zero-order chi connectivity index (χ0) is 18.4. The number of ether oxygens (including phenoxy) is 1. The molecule has 3 heterocycles. The van der Waals surface area contributed by atoms with E-state index in [0.29, 0.717) is 22.7 Å². The molecule has 4 N–H and O–H groups in total. The summed E-state index contributed by atoms with van der Waals surface area (Å²) >= 11 is 1.37. The van der Waals surface area contributed by atoms with Gasteiger partial charge in [-0.1, -0.05) is 11.8 Å². The van der Waals surface area contributed by atoms with E-state index in [1.54, 1.807) is 4.57 Å². The lowest BCUT2D eigenvalue weighted by Gasteiger charge is -2.18. The molecule has 1 unspecified atom stereocenters. The molecule has 3 rings (SSSR count). The fourth-order valence-corrected chi connectivity index (χ4v) is 4.19. The highest BCUT2D eigenvalue weighted by molar-refractivity contribution is 7.98. The summed E-state index contributed by atoms with van der Waals surface area (Å²) in [7, 11) is 0. The Morgan fingerprint density at radius 1 is 1.36 bits per heavy atom. The largest absolute Gasteiger partial charge is 0.388 e. The Hall–Kier alpha value is -1.12. The monoisotopic (exact) mass is 385 g/mol. The third-order valence-electron chi connectivity index (χ3n) is 4.24. The van der Waals surface area contributed by atoms with E-state index in [0.717, 1.165) is 6.16 Å². The maximum atomic E-state index is 10.5. The van der Waals surface area contributed by atoms with Gasteiger partial charge >= 0.3 is 0 Å². The highest BCUT2D eigenvalue weighted by Crippen LogP contribution is 2.40. The number of fused-ring (bicyclic) bond motifs is 1. The molecule has 0 spiro atoms. The molecule has 0 amide bonds. The van der Waals surface area contributed by atoms with Crippen molar-refractivity contribution in [3.05, 3.63) is 6.33 Å². The number of thioether (sulfide) groups is 1. The fraction of sp³-hybridized carbons (Fsp3) is 0.600. The van der Waals surface area contributed by atoms with Gasteiger partial charge in [0, 0.05) is 0 Å². The van der Waals surface area contributed by atoms with Gasteiger partial charge in [-0.15, -0.1) is 13.2 Å². The Bertz CT molecular complexity index is 823. The van der Waals surface area contributed by atoms with Crippen molar-refractivity contribution in [3.8, 4) is 0 Å². The summed E-state index contributed by atoms with van der Waals surface area (Å²) in [6.45, 7) is 3.04. The van der Waals surface area contributed by atoms with Gasteiger partial charge in [-0.2, -0.15) is 0 Å². The Morgan fingerprint density at radius 2 is 2.08 bits per heavy atom. The number of aromatic nitrogens is 4. The van der Waals surface area contributed by atoms with E-state index in [-0.39, 0.29) is 5.82 Å². The number of hydrogen-bond acceptors (Lipinski definition) is 8. The number of hydrogen-bond donors (Lipinski definition) is 3. The molecule has 1 fully saturated rings. The topological polar surface area (TPSA) is 119 Å². The normalized spacial score (nSPS) is 27.2. The molecule has 4 atom stereocenters. The minimum absolute atomic E-state index is 0.279. The Kier molecular flexibility index (Phi) is 5.14. The molecule has 0 radical (unpaired) electrons. The van der Waals surface area contributed by atoms with Gasteiger partial charge in [0.15, 0.2) is 22.8 Å². The van der Waals surface area contributed by atoms with Gasteiger partial charge in [0.1, 0.15) is 17.7 Å². The third-order valence-corrected chi connectivity index (χ3v) is 6.26. The molecule has 0 aliphatic carbocycles. The summed E-state index contributed by atoms with van der Waals surface area (Å²) in [5.74, 6) is 0.279. The first-order valence-corrected chi connectivity index (χ1v) is 12.2. The summed E-state index contributed by atoms with van der Waals surface area (Å²) < 4.78 is 7.57. The Balaban J connectivity index is 1.90. The molecule has 1 saturated heterocycles. The summed E-state index contributed by atoms with van der Waals surface area (Å²) in [4.78, 5) is 12.8. The molecule has 25 heavy (non-hydrogen) atoms. The Labute approximate surface area is 150 Å². The van der Waals surface area contributed by atoms with Gasteiger partial charge in [0.05, 0.1) is 12.4 Å². The van der Waals surface area contributed by atoms with Gasteiger partial charge in [-0.25, -0.2) is 15.0 Å². The zero-order valence-electron chi connectivity index (χ0n) is 14.5. The van der Waals surface area contributed by atoms with Crippen LogP contribution in [0.5, 0.6) is 0 Å². The van der Waals surface area contributed by atoms with Crippen molar-refractivity contribution >= 4 is 41.9 Å². The minimum atomic E-state index is -1.23. The molecule has 2 aromatic rings. The first-order chi connectivity index (χ1) is 11.7. The number of imidazole rings is 1. The first kappa shape index (κ1) is 18.7. The lowest BCUT2D eigenvalue weighted by molar-refractivity contribution is -0.0353. The predicted molar refractivity (Wildman–Crippen MR) is 103 cm³/mol. The molecule has 1 aliphatic rings. The van der Waals surface area contributed by atoms with Gasteiger partial charge in [-0.05, 0) is 32.2 Å². The van der Waals surface area contributed by atoms with Crippen molar-refractivity contribution in [1.29, 1.82) is 0 Å². The number of rotatable bonds is 5. The molecular weight excluding hydrogens is 361 g/mol. The third kappa shape index (κ3) is 3.71. The number of nitrogens with two attached hydrogens (primary N) is 1. The summed E-state index contributed by atoms with van der Waals surface area (Å²) in [6.07, 6.45) is 5.83. The number of aliphatic hydroxyl groups is 2. The molecule has 1 aliphatic heterocycles. The van der Waals surface area contributed by atoms with Crippen LogP contribution in [-0.2, 0) is 4.74 Å². The highest BCUT2D eigenvalue weighted by Gasteiger charge is 2.44. The van der Waals surface area contributed by atoms with Crippen LogP contribution in [0.2, 0.25) is 0 Å².